The molecule has 21 heavy (non-hydrogen) atoms. The van der Waals surface area contributed by atoms with Gasteiger partial charge in [-0.1, -0.05) is 30.3 Å². The quantitative estimate of drug-likeness (QED) is 0.926. The van der Waals surface area contributed by atoms with Crippen molar-refractivity contribution in [1.29, 1.82) is 0 Å². The van der Waals surface area contributed by atoms with Gasteiger partial charge in [-0.3, -0.25) is 4.79 Å². The van der Waals surface area contributed by atoms with E-state index in [1.807, 2.05) is 0 Å². The van der Waals surface area contributed by atoms with Gasteiger partial charge in [0.2, 0.25) is 5.91 Å². The van der Waals surface area contributed by atoms with Gasteiger partial charge in [0, 0.05) is 26.1 Å². The van der Waals surface area contributed by atoms with Crippen LogP contribution in [-0.4, -0.2) is 42.7 Å². The molecule has 116 valence electrons. The molecule has 1 aliphatic heterocycles. The molecule has 0 unspecified atom stereocenters. The smallest absolute Gasteiger partial charge is 0.344 e. The van der Waals surface area contributed by atoms with Crippen LogP contribution in [0.2, 0.25) is 0 Å². The van der Waals surface area contributed by atoms with E-state index in [0.717, 1.165) is 0 Å². The maximum Gasteiger partial charge on any atom is 0.404 e. The normalized spacial score (nSPS) is 21.4. The predicted octanol–water partition coefficient (Wildman–Crippen LogP) is 2.37. The Morgan fingerprint density at radius 2 is 2.00 bits per heavy atom. The standard InChI is InChI=1S/C15H19F3N2O/c1-20-10-12(7-8-14(20)21)19-13(15(16,17)18)9-11-5-3-2-4-6-11/h2-6,12-13,19H,7-10H2,1H3/t12-,13+/m0/s1. The molecule has 1 N–H and O–H groups in total. The van der Waals surface area contributed by atoms with E-state index < -0.39 is 12.2 Å². The van der Waals surface area contributed by atoms with Crippen molar-refractivity contribution in [2.45, 2.75) is 37.5 Å². The Morgan fingerprint density at radius 1 is 1.33 bits per heavy atom. The number of rotatable bonds is 4. The highest BCUT2D eigenvalue weighted by Gasteiger charge is 2.41. The lowest BCUT2D eigenvalue weighted by Gasteiger charge is -2.34. The Kier molecular flexibility index (Phi) is 4.88. The van der Waals surface area contributed by atoms with Crippen molar-refractivity contribution in [3.8, 4) is 0 Å². The van der Waals surface area contributed by atoms with Crippen molar-refractivity contribution in [2.24, 2.45) is 0 Å². The molecule has 0 radical (unpaired) electrons. The van der Waals surface area contributed by atoms with Gasteiger partial charge in [0.05, 0.1) is 0 Å². The zero-order valence-corrected chi connectivity index (χ0v) is 11.9. The summed E-state index contributed by atoms with van der Waals surface area (Å²) in [6, 6.07) is 6.72. The Hall–Kier alpha value is -1.56. The van der Waals surface area contributed by atoms with Gasteiger partial charge < -0.3 is 10.2 Å². The lowest BCUT2D eigenvalue weighted by molar-refractivity contribution is -0.158. The summed E-state index contributed by atoms with van der Waals surface area (Å²) in [5.74, 6) is -0.0142. The molecule has 0 saturated carbocycles. The number of likely N-dealkylation sites (tertiary alicyclic amines) is 1. The number of benzene rings is 1. The molecule has 1 fully saturated rings. The predicted molar refractivity (Wildman–Crippen MR) is 73.8 cm³/mol. The van der Waals surface area contributed by atoms with Crippen LogP contribution in [-0.2, 0) is 11.2 Å². The summed E-state index contributed by atoms with van der Waals surface area (Å²) >= 11 is 0. The largest absolute Gasteiger partial charge is 0.404 e. The molecule has 0 spiro atoms. The Bertz CT molecular complexity index is 476. The Labute approximate surface area is 122 Å². The SMILES string of the molecule is CN1C[C@@H](N[C@H](Cc2ccccc2)C(F)(F)F)CCC1=O. The third kappa shape index (κ3) is 4.46. The minimum atomic E-state index is -4.31. The monoisotopic (exact) mass is 300 g/mol. The number of hydrogen-bond donors (Lipinski definition) is 1. The van der Waals surface area contributed by atoms with Gasteiger partial charge in [-0.2, -0.15) is 13.2 Å². The average Bonchev–Trinajstić information content (AvgIpc) is 2.42. The number of nitrogens with one attached hydrogen (secondary N) is 1. The van der Waals surface area contributed by atoms with E-state index in [-0.39, 0.29) is 18.4 Å². The maximum atomic E-state index is 13.2. The van der Waals surface area contributed by atoms with Gasteiger partial charge in [-0.15, -0.1) is 0 Å². The zero-order chi connectivity index (χ0) is 15.5. The van der Waals surface area contributed by atoms with E-state index in [0.29, 0.717) is 24.9 Å². The summed E-state index contributed by atoms with van der Waals surface area (Å²) in [5, 5.41) is 2.68. The van der Waals surface area contributed by atoms with E-state index >= 15 is 0 Å². The molecule has 1 amide bonds. The third-order valence-corrected chi connectivity index (χ3v) is 3.74. The fourth-order valence-corrected chi connectivity index (χ4v) is 2.55. The van der Waals surface area contributed by atoms with Crippen molar-refractivity contribution >= 4 is 5.91 Å². The number of alkyl halides is 3. The minimum Gasteiger partial charge on any atom is -0.344 e. The van der Waals surface area contributed by atoms with Crippen LogP contribution >= 0.6 is 0 Å². The second kappa shape index (κ2) is 6.47. The molecule has 1 aromatic rings. The number of halogens is 3. The number of hydrogen-bond acceptors (Lipinski definition) is 2. The van der Waals surface area contributed by atoms with Crippen LogP contribution in [0.4, 0.5) is 13.2 Å². The maximum absolute atomic E-state index is 13.2. The molecule has 0 aliphatic carbocycles. The summed E-state index contributed by atoms with van der Waals surface area (Å²) < 4.78 is 39.6. The highest BCUT2D eigenvalue weighted by Crippen LogP contribution is 2.25. The summed E-state index contributed by atoms with van der Waals surface area (Å²) in [6.07, 6.45) is -3.66. The van der Waals surface area contributed by atoms with Crippen LogP contribution in [0, 0.1) is 0 Å². The fraction of sp³-hybridized carbons (Fsp3) is 0.533. The molecule has 1 saturated heterocycles. The van der Waals surface area contributed by atoms with E-state index in [1.165, 1.54) is 4.90 Å². The van der Waals surface area contributed by atoms with Crippen molar-refractivity contribution in [3.63, 3.8) is 0 Å². The van der Waals surface area contributed by atoms with Crippen LogP contribution in [0.15, 0.2) is 30.3 Å². The summed E-state index contributed by atoms with van der Waals surface area (Å²) in [6.45, 7) is 0.320. The van der Waals surface area contributed by atoms with Crippen molar-refractivity contribution in [2.75, 3.05) is 13.6 Å². The van der Waals surface area contributed by atoms with Gasteiger partial charge >= 0.3 is 6.18 Å². The topological polar surface area (TPSA) is 32.3 Å². The van der Waals surface area contributed by atoms with E-state index in [9.17, 15) is 18.0 Å². The molecule has 1 heterocycles. The van der Waals surface area contributed by atoms with E-state index in [4.69, 9.17) is 0 Å². The number of piperidine rings is 1. The van der Waals surface area contributed by atoms with Gasteiger partial charge in [-0.25, -0.2) is 0 Å². The first-order chi connectivity index (χ1) is 9.86. The molecule has 0 bridgehead atoms. The number of carbonyl (C=O) groups is 1. The lowest BCUT2D eigenvalue weighted by atomic mass is 10.0. The summed E-state index contributed by atoms with van der Waals surface area (Å²) in [7, 11) is 1.62. The second-order valence-corrected chi connectivity index (χ2v) is 5.46. The molecule has 3 nitrogen and oxygen atoms in total. The number of amides is 1. The highest BCUT2D eigenvalue weighted by atomic mass is 19.4. The van der Waals surface area contributed by atoms with Crippen LogP contribution < -0.4 is 5.32 Å². The van der Waals surface area contributed by atoms with E-state index in [2.05, 4.69) is 5.32 Å². The van der Waals surface area contributed by atoms with Gasteiger partial charge in [0.25, 0.3) is 0 Å². The van der Waals surface area contributed by atoms with Crippen LogP contribution in [0.3, 0.4) is 0 Å². The van der Waals surface area contributed by atoms with Gasteiger partial charge in [0.15, 0.2) is 0 Å². The minimum absolute atomic E-state index is 0.0142. The molecule has 6 heteroatoms. The first-order valence-corrected chi connectivity index (χ1v) is 6.97. The summed E-state index contributed by atoms with van der Waals surface area (Å²) in [4.78, 5) is 12.9. The van der Waals surface area contributed by atoms with Crippen LogP contribution in [0.1, 0.15) is 18.4 Å². The van der Waals surface area contributed by atoms with Crippen LogP contribution in [0.5, 0.6) is 0 Å². The number of likely N-dealkylation sites (N-methyl/N-ethyl adjacent to an activating group) is 1. The molecule has 2 rings (SSSR count). The number of nitrogens with zero attached hydrogens (tertiary/aromatic N) is 1. The van der Waals surface area contributed by atoms with Gasteiger partial charge in [0.1, 0.15) is 6.04 Å². The second-order valence-electron chi connectivity index (χ2n) is 5.46. The molecule has 2 atom stereocenters. The zero-order valence-electron chi connectivity index (χ0n) is 11.9. The third-order valence-electron chi connectivity index (χ3n) is 3.74. The lowest BCUT2D eigenvalue weighted by Crippen LogP contribution is -2.54. The van der Waals surface area contributed by atoms with Crippen molar-refractivity contribution in [1.82, 2.24) is 10.2 Å². The first kappa shape index (κ1) is 15.8. The van der Waals surface area contributed by atoms with E-state index in [1.54, 1.807) is 37.4 Å². The molecule has 0 aromatic heterocycles. The van der Waals surface area contributed by atoms with Crippen molar-refractivity contribution in [3.05, 3.63) is 35.9 Å². The molecule has 1 aliphatic rings. The van der Waals surface area contributed by atoms with Crippen molar-refractivity contribution < 1.29 is 18.0 Å². The average molecular weight is 300 g/mol. The molecular weight excluding hydrogens is 281 g/mol. The van der Waals surface area contributed by atoms with Gasteiger partial charge in [-0.05, 0) is 18.4 Å². The summed E-state index contributed by atoms with van der Waals surface area (Å²) in [5.41, 5.74) is 0.646. The number of carbonyl (C=O) groups excluding carboxylic acids is 1. The Morgan fingerprint density at radius 3 is 2.57 bits per heavy atom. The first-order valence-electron chi connectivity index (χ1n) is 6.97. The van der Waals surface area contributed by atoms with Crippen LogP contribution in [0.25, 0.3) is 0 Å². The molecule has 1 aromatic carbocycles. The fourth-order valence-electron chi connectivity index (χ4n) is 2.55. The highest BCUT2D eigenvalue weighted by molar-refractivity contribution is 5.76. The Balaban J connectivity index is 2.02. The molecular formula is C15H19F3N2O.